The van der Waals surface area contributed by atoms with Gasteiger partial charge >= 0.3 is 0 Å². The van der Waals surface area contributed by atoms with Crippen LogP contribution >= 0.6 is 12.2 Å². The number of rotatable bonds is 4. The lowest BCUT2D eigenvalue weighted by atomic mass is 10.1. The van der Waals surface area contributed by atoms with Gasteiger partial charge in [0.2, 0.25) is 5.82 Å². The van der Waals surface area contributed by atoms with Gasteiger partial charge < -0.3 is 10.5 Å². The van der Waals surface area contributed by atoms with E-state index < -0.39 is 17.5 Å². The molecule has 104 valence electrons. The lowest BCUT2D eigenvalue weighted by Crippen LogP contribution is -2.14. The molecular formula is C14H10F3NOS. The molecule has 0 saturated carbocycles. The first-order valence-corrected chi connectivity index (χ1v) is 6.05. The first kappa shape index (κ1) is 14.3. The fourth-order valence-corrected chi connectivity index (χ4v) is 1.87. The fraction of sp³-hybridized carbons (Fsp3) is 0.0714. The zero-order valence-corrected chi connectivity index (χ0v) is 11.0. The summed E-state index contributed by atoms with van der Waals surface area (Å²) in [6.07, 6.45) is 0. The van der Waals surface area contributed by atoms with Crippen LogP contribution in [0.3, 0.4) is 0 Å². The normalized spacial score (nSPS) is 10.3. The van der Waals surface area contributed by atoms with Gasteiger partial charge in [-0.15, -0.1) is 0 Å². The molecule has 0 heterocycles. The molecule has 0 aromatic heterocycles. The molecule has 2 N–H and O–H groups in total. The molecule has 0 fully saturated rings. The van der Waals surface area contributed by atoms with Crippen LogP contribution in [0.5, 0.6) is 5.75 Å². The van der Waals surface area contributed by atoms with E-state index in [1.807, 2.05) is 0 Å². The maximum absolute atomic E-state index is 13.4. The zero-order valence-electron chi connectivity index (χ0n) is 10.2. The van der Waals surface area contributed by atoms with Crippen LogP contribution in [0.15, 0.2) is 36.4 Å². The van der Waals surface area contributed by atoms with Crippen LogP contribution in [-0.2, 0) is 6.61 Å². The molecule has 2 aromatic rings. The lowest BCUT2D eigenvalue weighted by Gasteiger charge is -2.11. The Bertz CT molecular complexity index is 661. The molecule has 20 heavy (non-hydrogen) atoms. The second-order valence-electron chi connectivity index (χ2n) is 4.01. The van der Waals surface area contributed by atoms with E-state index in [1.54, 1.807) is 0 Å². The van der Waals surface area contributed by atoms with E-state index in [-0.39, 0.29) is 17.3 Å². The molecule has 0 unspecified atom stereocenters. The summed E-state index contributed by atoms with van der Waals surface area (Å²) in [5.74, 6) is -2.87. The van der Waals surface area contributed by atoms with Crippen molar-refractivity contribution in [1.29, 1.82) is 0 Å². The third kappa shape index (κ3) is 3.08. The van der Waals surface area contributed by atoms with Crippen LogP contribution in [0.1, 0.15) is 11.1 Å². The Morgan fingerprint density at radius 2 is 1.90 bits per heavy atom. The lowest BCUT2D eigenvalue weighted by molar-refractivity contribution is 0.284. The Balaban J connectivity index is 2.24. The van der Waals surface area contributed by atoms with Crippen molar-refractivity contribution in [2.75, 3.05) is 0 Å². The summed E-state index contributed by atoms with van der Waals surface area (Å²) in [4.78, 5) is 0.0725. The average Bonchev–Trinajstić information content (AvgIpc) is 2.40. The Kier molecular flexibility index (Phi) is 4.24. The Hall–Kier alpha value is -2.08. The Morgan fingerprint density at radius 1 is 1.15 bits per heavy atom. The molecule has 0 aliphatic carbocycles. The van der Waals surface area contributed by atoms with Gasteiger partial charge in [-0.2, -0.15) is 4.39 Å². The third-order valence-corrected chi connectivity index (χ3v) is 2.85. The van der Waals surface area contributed by atoms with Crippen molar-refractivity contribution < 1.29 is 17.9 Å². The smallest absolute Gasteiger partial charge is 0.200 e. The molecule has 0 bridgehead atoms. The second kappa shape index (κ2) is 5.92. The number of benzene rings is 2. The number of ether oxygens (including phenoxy) is 1. The summed E-state index contributed by atoms with van der Waals surface area (Å²) in [5, 5.41) is 0. The van der Waals surface area contributed by atoms with Gasteiger partial charge in [-0.25, -0.2) is 8.78 Å². The van der Waals surface area contributed by atoms with E-state index >= 15 is 0 Å². The highest BCUT2D eigenvalue weighted by Gasteiger charge is 2.11. The van der Waals surface area contributed by atoms with Crippen molar-refractivity contribution in [3.8, 4) is 5.75 Å². The van der Waals surface area contributed by atoms with Gasteiger partial charge in [0.1, 0.15) is 17.4 Å². The zero-order chi connectivity index (χ0) is 14.7. The molecule has 2 nitrogen and oxygen atoms in total. The molecule has 2 aromatic carbocycles. The van der Waals surface area contributed by atoms with Gasteiger partial charge in [0.15, 0.2) is 11.6 Å². The highest BCUT2D eigenvalue weighted by molar-refractivity contribution is 7.80. The molecule has 0 atom stereocenters. The molecule has 0 radical (unpaired) electrons. The van der Waals surface area contributed by atoms with Gasteiger partial charge in [-0.1, -0.05) is 18.3 Å². The standard InChI is InChI=1S/C14H10F3NOS/c15-9-4-5-10(14(18)20)8(6-9)7-19-12-3-1-2-11(16)13(12)17/h1-6H,7H2,(H2,18,20). The van der Waals surface area contributed by atoms with Gasteiger partial charge in [-0.3, -0.25) is 0 Å². The minimum Gasteiger partial charge on any atom is -0.486 e. The first-order chi connectivity index (χ1) is 9.49. The van der Waals surface area contributed by atoms with Crippen LogP contribution in [0.2, 0.25) is 0 Å². The fourth-order valence-electron chi connectivity index (χ4n) is 1.67. The minimum atomic E-state index is -1.10. The van der Waals surface area contributed by atoms with Crippen molar-refractivity contribution in [3.63, 3.8) is 0 Å². The SMILES string of the molecule is NC(=S)c1ccc(F)cc1COc1cccc(F)c1F. The van der Waals surface area contributed by atoms with Gasteiger partial charge in [-0.05, 0) is 30.3 Å². The van der Waals surface area contributed by atoms with E-state index in [2.05, 4.69) is 0 Å². The Labute approximate surface area is 119 Å². The number of hydrogen-bond donors (Lipinski definition) is 1. The molecule has 0 aliphatic rings. The second-order valence-corrected chi connectivity index (χ2v) is 4.45. The van der Waals surface area contributed by atoms with Gasteiger partial charge in [0.05, 0.1) is 0 Å². The molecule has 2 rings (SSSR count). The average molecular weight is 297 g/mol. The Morgan fingerprint density at radius 3 is 2.60 bits per heavy atom. The summed E-state index contributed by atoms with van der Waals surface area (Å²) >= 11 is 4.84. The summed E-state index contributed by atoms with van der Waals surface area (Å²) in [6.45, 7) is -0.176. The monoisotopic (exact) mass is 297 g/mol. The third-order valence-electron chi connectivity index (χ3n) is 2.63. The molecule has 0 saturated heterocycles. The van der Waals surface area contributed by atoms with Gasteiger partial charge in [0, 0.05) is 11.1 Å². The molecule has 6 heteroatoms. The number of halogens is 3. The molecule has 0 aliphatic heterocycles. The van der Waals surface area contributed by atoms with E-state index in [0.29, 0.717) is 11.1 Å². The van der Waals surface area contributed by atoms with E-state index in [4.69, 9.17) is 22.7 Å². The number of nitrogens with two attached hydrogens (primary N) is 1. The predicted molar refractivity (Wildman–Crippen MR) is 73.0 cm³/mol. The predicted octanol–water partition coefficient (Wildman–Crippen LogP) is 3.32. The van der Waals surface area contributed by atoms with Gasteiger partial charge in [0.25, 0.3) is 0 Å². The molecular weight excluding hydrogens is 287 g/mol. The first-order valence-electron chi connectivity index (χ1n) is 5.64. The van der Waals surface area contributed by atoms with Crippen molar-refractivity contribution in [1.82, 2.24) is 0 Å². The van der Waals surface area contributed by atoms with Crippen LogP contribution in [-0.4, -0.2) is 4.99 Å². The van der Waals surface area contributed by atoms with Crippen LogP contribution in [0.25, 0.3) is 0 Å². The van der Waals surface area contributed by atoms with Crippen molar-refractivity contribution in [3.05, 3.63) is 65.0 Å². The van der Waals surface area contributed by atoms with Crippen LogP contribution < -0.4 is 10.5 Å². The summed E-state index contributed by atoms with van der Waals surface area (Å²) in [7, 11) is 0. The van der Waals surface area contributed by atoms with E-state index in [9.17, 15) is 13.2 Å². The van der Waals surface area contributed by atoms with E-state index in [1.165, 1.54) is 30.3 Å². The van der Waals surface area contributed by atoms with E-state index in [0.717, 1.165) is 6.07 Å². The van der Waals surface area contributed by atoms with Crippen molar-refractivity contribution >= 4 is 17.2 Å². The van der Waals surface area contributed by atoms with Crippen LogP contribution in [0, 0.1) is 17.5 Å². The minimum absolute atomic E-state index is 0.0725. The summed E-state index contributed by atoms with van der Waals surface area (Å²) < 4.78 is 44.8. The van der Waals surface area contributed by atoms with Crippen LogP contribution in [0.4, 0.5) is 13.2 Å². The molecule has 0 spiro atoms. The molecule has 0 amide bonds. The topological polar surface area (TPSA) is 35.2 Å². The van der Waals surface area contributed by atoms with Crippen molar-refractivity contribution in [2.45, 2.75) is 6.61 Å². The number of thiocarbonyl (C=S) groups is 1. The summed E-state index contributed by atoms with van der Waals surface area (Å²) in [5.41, 5.74) is 6.30. The highest BCUT2D eigenvalue weighted by Crippen LogP contribution is 2.21. The quantitative estimate of drug-likeness (QED) is 0.879. The maximum Gasteiger partial charge on any atom is 0.200 e. The largest absolute Gasteiger partial charge is 0.486 e. The summed E-state index contributed by atoms with van der Waals surface area (Å²) in [6, 6.07) is 7.38. The van der Waals surface area contributed by atoms with Crippen molar-refractivity contribution in [2.24, 2.45) is 5.73 Å². The number of hydrogen-bond acceptors (Lipinski definition) is 2. The highest BCUT2D eigenvalue weighted by atomic mass is 32.1. The maximum atomic E-state index is 13.4.